The number of amides is 1. The molecule has 2 aliphatic heterocycles. The summed E-state index contributed by atoms with van der Waals surface area (Å²) in [5, 5.41) is 2.39. The maximum Gasteiger partial charge on any atom is 0.351 e. The molecule has 2 bridgehead atoms. The zero-order valence-electron chi connectivity index (χ0n) is 24.7. The number of aromatic nitrogens is 2. The van der Waals surface area contributed by atoms with Crippen LogP contribution in [0.3, 0.4) is 0 Å². The molecular formula is C28H38N5O5PS. The fourth-order valence-electron chi connectivity index (χ4n) is 5.00. The van der Waals surface area contributed by atoms with Gasteiger partial charge in [-0.2, -0.15) is 4.98 Å². The molecule has 10 nitrogen and oxygen atoms in total. The summed E-state index contributed by atoms with van der Waals surface area (Å²) < 4.78 is 31.6. The van der Waals surface area contributed by atoms with Crippen LogP contribution in [0.5, 0.6) is 0 Å². The fraction of sp³-hybridized carbons (Fsp3) is 0.571. The highest BCUT2D eigenvalue weighted by atomic mass is 32.2. The van der Waals surface area contributed by atoms with E-state index in [1.807, 2.05) is 13.0 Å². The summed E-state index contributed by atoms with van der Waals surface area (Å²) in [6, 6.07) is 8.97. The number of anilines is 1. The van der Waals surface area contributed by atoms with Crippen LogP contribution in [0.25, 0.3) is 4.85 Å². The Morgan fingerprint density at radius 3 is 2.67 bits per heavy atom. The van der Waals surface area contributed by atoms with Gasteiger partial charge in [0.25, 0.3) is 14.4 Å². The molecule has 1 amide bonds. The molecule has 2 fully saturated rings. The van der Waals surface area contributed by atoms with Gasteiger partial charge >= 0.3 is 5.69 Å². The van der Waals surface area contributed by atoms with Gasteiger partial charge in [0.1, 0.15) is 24.1 Å². The number of carbonyl (C=O) groups is 1. The average molecular weight is 589 g/mol. The molecule has 0 saturated carbocycles. The van der Waals surface area contributed by atoms with Crippen molar-refractivity contribution in [2.45, 2.75) is 89.0 Å². The number of hydrogen-bond acceptors (Lipinski definition) is 8. The third-order valence-corrected chi connectivity index (χ3v) is 10.7. The van der Waals surface area contributed by atoms with Gasteiger partial charge in [0, 0.05) is 36.0 Å². The van der Waals surface area contributed by atoms with E-state index < -0.39 is 32.1 Å². The highest BCUT2D eigenvalue weighted by Crippen LogP contribution is 2.61. The van der Waals surface area contributed by atoms with Crippen molar-refractivity contribution in [3.05, 3.63) is 69.6 Å². The molecule has 216 valence electrons. The molecule has 2 saturated heterocycles. The van der Waals surface area contributed by atoms with Crippen molar-refractivity contribution >= 4 is 32.0 Å². The number of ether oxygens (including phenoxy) is 1. The first-order valence-electron chi connectivity index (χ1n) is 14.0. The molecule has 2 aliphatic rings. The monoisotopic (exact) mass is 588 g/mol. The summed E-state index contributed by atoms with van der Waals surface area (Å²) in [5.41, 5.74) is -0.461. The van der Waals surface area contributed by atoms with Crippen molar-refractivity contribution in [3.8, 4) is 0 Å². The zero-order valence-corrected chi connectivity index (χ0v) is 25.4. The van der Waals surface area contributed by atoms with Crippen LogP contribution in [0.2, 0.25) is 0 Å². The maximum atomic E-state index is 13.3. The Hall–Kier alpha value is -2.32. The summed E-state index contributed by atoms with van der Waals surface area (Å²) >= 11 is 1.64. The molecular weight excluding hydrogens is 549 g/mol. The van der Waals surface area contributed by atoms with Crippen molar-refractivity contribution in [1.29, 1.82) is 0 Å². The first-order valence-corrected chi connectivity index (χ1v) is 15.4. The lowest BCUT2D eigenvalue weighted by molar-refractivity contribution is -0.0885. The van der Waals surface area contributed by atoms with Gasteiger partial charge in [-0.1, -0.05) is 25.1 Å². The lowest BCUT2D eigenvalue weighted by Crippen LogP contribution is -2.44. The number of carbonyl (C=O) groups excluding carboxylic acids is 1. The largest absolute Gasteiger partial charge is 0.351 e. The lowest BCUT2D eigenvalue weighted by atomic mass is 9.96. The van der Waals surface area contributed by atoms with Crippen molar-refractivity contribution in [2.75, 3.05) is 18.5 Å². The van der Waals surface area contributed by atoms with Gasteiger partial charge in [0.2, 0.25) is 6.54 Å². The van der Waals surface area contributed by atoms with Gasteiger partial charge in [-0.3, -0.25) is 9.36 Å². The first kappa shape index (κ1) is 29.2. The molecule has 1 unspecified atom stereocenters. The Balaban J connectivity index is 1.63. The number of nitrogens with zero attached hydrogens (tertiary/aromatic N) is 4. The second-order valence-electron chi connectivity index (χ2n) is 10.5. The molecule has 6 atom stereocenters. The van der Waals surface area contributed by atoms with E-state index in [0.29, 0.717) is 11.1 Å². The molecule has 1 aromatic heterocycles. The quantitative estimate of drug-likeness (QED) is 0.216. The fourth-order valence-corrected chi connectivity index (χ4v) is 8.52. The lowest BCUT2D eigenvalue weighted by Gasteiger charge is -2.38. The van der Waals surface area contributed by atoms with E-state index in [2.05, 4.69) is 47.5 Å². The van der Waals surface area contributed by atoms with E-state index in [1.165, 1.54) is 4.57 Å². The highest BCUT2D eigenvalue weighted by molar-refractivity contribution is 8.01. The number of aryl methyl sites for hydroxylation is 1. The van der Waals surface area contributed by atoms with Crippen LogP contribution in [0.15, 0.2) is 41.3 Å². The summed E-state index contributed by atoms with van der Waals surface area (Å²) in [7, 11) is -1.57. The molecule has 1 aromatic carbocycles. The SMILES string of the molecule is [2H]C[C@]12O[C@@H](n3cc(C)c(NC(=O)c4ccccc4)nc3=O)[C@H](S[C@H]1C)[C@@H]2OP(OCC[N+]#[C-])N(C(C)C)C(C)C. The number of fused-ring (bicyclic) bond motifs is 2. The highest BCUT2D eigenvalue weighted by Gasteiger charge is 2.64. The van der Waals surface area contributed by atoms with Gasteiger partial charge < -0.3 is 23.9 Å². The van der Waals surface area contributed by atoms with Crippen LogP contribution in [-0.4, -0.2) is 67.6 Å². The molecule has 0 spiro atoms. The second kappa shape index (κ2) is 12.7. The van der Waals surface area contributed by atoms with E-state index >= 15 is 0 Å². The van der Waals surface area contributed by atoms with E-state index in [-0.39, 0.29) is 54.4 Å². The smallest absolute Gasteiger partial charge is 0.346 e. The Bertz CT molecular complexity index is 1320. The Morgan fingerprint density at radius 1 is 1.35 bits per heavy atom. The summed E-state index contributed by atoms with van der Waals surface area (Å²) in [4.78, 5) is 33.6. The second-order valence-corrected chi connectivity index (χ2v) is 13.5. The molecule has 40 heavy (non-hydrogen) atoms. The number of rotatable bonds is 11. The predicted molar refractivity (Wildman–Crippen MR) is 158 cm³/mol. The average Bonchev–Trinajstić information content (AvgIpc) is 3.38. The van der Waals surface area contributed by atoms with Crippen molar-refractivity contribution < 1.29 is 19.9 Å². The minimum absolute atomic E-state index is 0.0490. The Kier molecular flexibility index (Phi) is 9.25. The van der Waals surface area contributed by atoms with Crippen LogP contribution in [-0.2, 0) is 13.8 Å². The van der Waals surface area contributed by atoms with Crippen LogP contribution in [0, 0.1) is 13.5 Å². The van der Waals surface area contributed by atoms with E-state index in [4.69, 9.17) is 21.7 Å². The van der Waals surface area contributed by atoms with Gasteiger partial charge in [-0.05, 0) is 53.7 Å². The van der Waals surface area contributed by atoms with E-state index in [1.54, 1.807) is 49.1 Å². The summed E-state index contributed by atoms with van der Waals surface area (Å²) in [6.45, 7) is 19.6. The summed E-state index contributed by atoms with van der Waals surface area (Å²) in [5.74, 6) is -0.166. The third kappa shape index (κ3) is 6.13. The predicted octanol–water partition coefficient (Wildman–Crippen LogP) is 5.26. The number of nitrogens with one attached hydrogen (secondary N) is 1. The van der Waals surface area contributed by atoms with Crippen molar-refractivity contribution in [2.24, 2.45) is 0 Å². The van der Waals surface area contributed by atoms with Gasteiger partial charge in [-0.25, -0.2) is 16.0 Å². The number of thioether (sulfide) groups is 1. The molecule has 0 aliphatic carbocycles. The normalized spacial score (nSPS) is 26.8. The third-order valence-electron chi connectivity index (χ3n) is 6.98. The summed E-state index contributed by atoms with van der Waals surface area (Å²) in [6.07, 6.45) is 0.412. The first-order chi connectivity index (χ1) is 19.5. The Labute approximate surface area is 243 Å². The molecule has 4 rings (SSSR count). The van der Waals surface area contributed by atoms with Crippen molar-refractivity contribution in [1.82, 2.24) is 14.2 Å². The van der Waals surface area contributed by atoms with Crippen LogP contribution in [0.1, 0.15) is 65.0 Å². The van der Waals surface area contributed by atoms with Crippen LogP contribution >= 0.6 is 20.3 Å². The minimum Gasteiger partial charge on any atom is -0.346 e. The minimum atomic E-state index is -1.57. The number of benzene rings is 1. The number of hydrogen-bond donors (Lipinski definition) is 1. The molecule has 0 radical (unpaired) electrons. The molecule has 2 aromatic rings. The maximum absolute atomic E-state index is 13.3. The topological polar surface area (TPSA) is 99.3 Å². The molecule has 3 heterocycles. The van der Waals surface area contributed by atoms with E-state index in [0.717, 1.165) is 0 Å². The standard InChI is InChI=1S/C28H38N5O5PS/c1-17(2)33(18(3)4)39(36-15-14-29-8)38-23-22-26(37-28(23,7)20(6)40-22)32-16-19(5)24(31-27(32)35)30-25(34)21-12-10-9-11-13-21/h9-13,16-18,20,22-23,26H,14-15H2,1-7H3,(H,30,31,34,35)/t20-,22+,23-,26+,28-,39?/m0/s1/i7D. The van der Waals surface area contributed by atoms with Gasteiger partial charge in [0.05, 0.1) is 5.25 Å². The van der Waals surface area contributed by atoms with Crippen molar-refractivity contribution in [3.63, 3.8) is 0 Å². The van der Waals surface area contributed by atoms with Crippen LogP contribution in [0.4, 0.5) is 5.82 Å². The van der Waals surface area contributed by atoms with Gasteiger partial charge in [-0.15, -0.1) is 11.8 Å². The van der Waals surface area contributed by atoms with Crippen LogP contribution < -0.4 is 11.0 Å². The van der Waals surface area contributed by atoms with E-state index in [9.17, 15) is 9.59 Å². The zero-order chi connectivity index (χ0) is 29.9. The Morgan fingerprint density at radius 2 is 2.05 bits per heavy atom. The molecule has 1 N–H and O–H groups in total. The molecule has 12 heteroatoms. The van der Waals surface area contributed by atoms with Gasteiger partial charge in [0.15, 0.2) is 6.23 Å².